The van der Waals surface area contributed by atoms with Crippen molar-refractivity contribution in [3.8, 4) is 0 Å². The topological polar surface area (TPSA) is 98.7 Å². The first-order chi connectivity index (χ1) is 15.9. The van der Waals surface area contributed by atoms with Crippen LogP contribution in [-0.4, -0.2) is 82.8 Å². The Balaban J connectivity index is 1.15. The fraction of sp³-hybridized carbons (Fsp3) is 0.609. The van der Waals surface area contributed by atoms with Crippen molar-refractivity contribution in [1.82, 2.24) is 25.1 Å². The van der Waals surface area contributed by atoms with E-state index in [1.807, 2.05) is 4.90 Å². The number of aryl methyl sites for hydroxylation is 2. The molecule has 9 nitrogen and oxygen atoms in total. The minimum Gasteiger partial charge on any atom is -0.356 e. The van der Waals surface area contributed by atoms with Crippen molar-refractivity contribution in [2.24, 2.45) is 5.92 Å². The third-order valence-electron chi connectivity index (χ3n) is 7.07. The summed E-state index contributed by atoms with van der Waals surface area (Å²) in [5, 5.41) is 3.88. The minimum absolute atomic E-state index is 0.00991. The molecule has 1 N–H and O–H groups in total. The van der Waals surface area contributed by atoms with E-state index in [1.165, 1.54) is 10.4 Å². The number of thiophene rings is 1. The number of anilines is 1. The van der Waals surface area contributed by atoms with E-state index in [0.717, 1.165) is 54.8 Å². The molecule has 4 heterocycles. The van der Waals surface area contributed by atoms with Crippen LogP contribution in [0, 0.1) is 19.8 Å². The number of carbonyl (C=O) groups excluding carboxylic acids is 3. The number of hydrogen-bond donors (Lipinski definition) is 1. The fourth-order valence-electron chi connectivity index (χ4n) is 4.75. The third kappa shape index (κ3) is 4.40. The number of carbonyl (C=O) groups is 3. The van der Waals surface area contributed by atoms with E-state index in [1.54, 1.807) is 22.6 Å². The average Bonchev–Trinajstić information content (AvgIpc) is 3.61. The summed E-state index contributed by atoms with van der Waals surface area (Å²) in [6.45, 7) is 7.62. The van der Waals surface area contributed by atoms with Gasteiger partial charge in [-0.15, -0.1) is 11.3 Å². The fourth-order valence-corrected chi connectivity index (χ4v) is 5.74. The quantitative estimate of drug-likeness (QED) is 0.683. The number of nitrogens with zero attached hydrogens (tertiary/aromatic N) is 5. The molecular weight excluding hydrogens is 440 g/mol. The summed E-state index contributed by atoms with van der Waals surface area (Å²) in [5.74, 6) is 0.144. The van der Waals surface area contributed by atoms with Crippen LogP contribution in [-0.2, 0) is 14.4 Å². The SMILES string of the molecule is Cc1sc2ncnc(N3CCC(C(=O)N4CCN(C(=O)C(=O)NC5CC5)CC4)CC3)c2c1C. The van der Waals surface area contributed by atoms with Crippen LogP contribution in [0.3, 0.4) is 0 Å². The lowest BCUT2D eigenvalue weighted by Crippen LogP contribution is -2.55. The van der Waals surface area contributed by atoms with Crippen LogP contribution in [0.4, 0.5) is 5.82 Å². The molecule has 0 unspecified atom stereocenters. The molecule has 10 heteroatoms. The van der Waals surface area contributed by atoms with E-state index in [9.17, 15) is 14.4 Å². The van der Waals surface area contributed by atoms with Crippen molar-refractivity contribution < 1.29 is 14.4 Å². The molecule has 2 saturated heterocycles. The van der Waals surface area contributed by atoms with E-state index in [0.29, 0.717) is 26.2 Å². The lowest BCUT2D eigenvalue weighted by atomic mass is 9.94. The second-order valence-corrected chi connectivity index (χ2v) is 10.5. The predicted octanol–water partition coefficient (Wildman–Crippen LogP) is 1.47. The molecule has 1 saturated carbocycles. The van der Waals surface area contributed by atoms with Gasteiger partial charge in [0.1, 0.15) is 17.0 Å². The van der Waals surface area contributed by atoms with Gasteiger partial charge in [-0.05, 0) is 45.1 Å². The zero-order valence-electron chi connectivity index (χ0n) is 19.2. The molecule has 1 aliphatic carbocycles. The number of rotatable bonds is 3. The maximum absolute atomic E-state index is 13.1. The van der Waals surface area contributed by atoms with E-state index in [4.69, 9.17) is 0 Å². The maximum atomic E-state index is 13.1. The highest BCUT2D eigenvalue weighted by atomic mass is 32.1. The second kappa shape index (κ2) is 8.89. The average molecular weight is 471 g/mol. The van der Waals surface area contributed by atoms with E-state index in [-0.39, 0.29) is 17.9 Å². The lowest BCUT2D eigenvalue weighted by molar-refractivity contribution is -0.149. The van der Waals surface area contributed by atoms with Gasteiger partial charge in [-0.1, -0.05) is 0 Å². The van der Waals surface area contributed by atoms with Gasteiger partial charge < -0.3 is 20.0 Å². The van der Waals surface area contributed by atoms with Gasteiger partial charge in [0.2, 0.25) is 5.91 Å². The highest BCUT2D eigenvalue weighted by Crippen LogP contribution is 2.35. The summed E-state index contributed by atoms with van der Waals surface area (Å²) in [6, 6.07) is 0.168. The number of nitrogens with one attached hydrogen (secondary N) is 1. The Labute approximate surface area is 197 Å². The van der Waals surface area contributed by atoms with Crippen LogP contribution in [0.25, 0.3) is 10.2 Å². The van der Waals surface area contributed by atoms with Crippen LogP contribution in [0.15, 0.2) is 6.33 Å². The molecular formula is C23H30N6O3S. The number of piperazine rings is 1. The van der Waals surface area contributed by atoms with Crippen LogP contribution in [0.1, 0.15) is 36.1 Å². The third-order valence-corrected chi connectivity index (χ3v) is 8.19. The molecule has 3 fully saturated rings. The Morgan fingerprint density at radius 1 is 0.939 bits per heavy atom. The van der Waals surface area contributed by atoms with Crippen molar-refractivity contribution in [2.45, 2.75) is 45.6 Å². The van der Waals surface area contributed by atoms with Crippen LogP contribution < -0.4 is 10.2 Å². The maximum Gasteiger partial charge on any atom is 0.312 e. The van der Waals surface area contributed by atoms with Crippen LogP contribution >= 0.6 is 11.3 Å². The van der Waals surface area contributed by atoms with Crippen molar-refractivity contribution in [2.75, 3.05) is 44.2 Å². The number of amides is 3. The number of fused-ring (bicyclic) bond motifs is 1. The minimum atomic E-state index is -0.514. The van der Waals surface area contributed by atoms with Gasteiger partial charge in [0.15, 0.2) is 0 Å². The zero-order chi connectivity index (χ0) is 23.1. The molecule has 0 atom stereocenters. The number of aromatic nitrogens is 2. The van der Waals surface area contributed by atoms with E-state index >= 15 is 0 Å². The smallest absolute Gasteiger partial charge is 0.312 e. The van der Waals surface area contributed by atoms with Crippen molar-refractivity contribution in [1.29, 1.82) is 0 Å². The zero-order valence-corrected chi connectivity index (χ0v) is 20.0. The first-order valence-corrected chi connectivity index (χ1v) is 12.6. The monoisotopic (exact) mass is 470 g/mol. The van der Waals surface area contributed by atoms with Crippen molar-refractivity contribution in [3.63, 3.8) is 0 Å². The van der Waals surface area contributed by atoms with Gasteiger partial charge in [-0.25, -0.2) is 9.97 Å². The first-order valence-electron chi connectivity index (χ1n) is 11.8. The van der Waals surface area contributed by atoms with E-state index in [2.05, 4.69) is 34.0 Å². The molecule has 5 rings (SSSR count). The molecule has 2 aromatic heterocycles. The molecule has 0 spiro atoms. The lowest BCUT2D eigenvalue weighted by Gasteiger charge is -2.38. The Morgan fingerprint density at radius 2 is 1.61 bits per heavy atom. The molecule has 0 radical (unpaired) electrons. The molecule has 2 aliphatic heterocycles. The summed E-state index contributed by atoms with van der Waals surface area (Å²) in [5.41, 5.74) is 1.24. The van der Waals surface area contributed by atoms with Crippen LogP contribution in [0.5, 0.6) is 0 Å². The van der Waals surface area contributed by atoms with Crippen molar-refractivity contribution in [3.05, 3.63) is 16.8 Å². The van der Waals surface area contributed by atoms with Gasteiger partial charge in [-0.3, -0.25) is 14.4 Å². The van der Waals surface area contributed by atoms with Crippen molar-refractivity contribution >= 4 is 45.1 Å². The molecule has 33 heavy (non-hydrogen) atoms. The van der Waals surface area contributed by atoms with Gasteiger partial charge >= 0.3 is 11.8 Å². The molecule has 3 amide bonds. The van der Waals surface area contributed by atoms with Gasteiger partial charge in [-0.2, -0.15) is 0 Å². The Morgan fingerprint density at radius 3 is 2.27 bits per heavy atom. The Bertz CT molecular complexity index is 1080. The van der Waals surface area contributed by atoms with E-state index < -0.39 is 11.8 Å². The first kappa shape index (κ1) is 22.1. The molecule has 3 aliphatic rings. The molecule has 176 valence electrons. The van der Waals surface area contributed by atoms with Gasteiger partial charge in [0, 0.05) is 56.1 Å². The number of piperidine rings is 1. The molecule has 0 aromatic carbocycles. The standard InChI is InChI=1S/C23H30N6O3S/c1-14-15(2)33-21-18(14)19(24-13-25-21)27-7-5-16(6-8-27)22(31)28-9-11-29(12-10-28)23(32)20(30)26-17-3-4-17/h13,16-17H,3-12H2,1-2H3,(H,26,30). The summed E-state index contributed by atoms with van der Waals surface area (Å²) < 4.78 is 0. The summed E-state index contributed by atoms with van der Waals surface area (Å²) in [7, 11) is 0. The normalized spacial score (nSPS) is 19.8. The largest absolute Gasteiger partial charge is 0.356 e. The van der Waals surface area contributed by atoms with Crippen LogP contribution in [0.2, 0.25) is 0 Å². The summed E-state index contributed by atoms with van der Waals surface area (Å²) >= 11 is 1.70. The number of hydrogen-bond acceptors (Lipinski definition) is 7. The Kier molecular flexibility index (Phi) is 5.94. The summed E-state index contributed by atoms with van der Waals surface area (Å²) in [4.78, 5) is 54.5. The van der Waals surface area contributed by atoms with Gasteiger partial charge in [0.05, 0.1) is 5.39 Å². The molecule has 2 aromatic rings. The predicted molar refractivity (Wildman–Crippen MR) is 126 cm³/mol. The highest BCUT2D eigenvalue weighted by Gasteiger charge is 2.34. The Hall–Kier alpha value is -2.75. The second-order valence-electron chi connectivity index (χ2n) is 9.29. The molecule has 0 bridgehead atoms. The summed E-state index contributed by atoms with van der Waals surface area (Å²) in [6.07, 6.45) is 5.12. The van der Waals surface area contributed by atoms with Gasteiger partial charge in [0.25, 0.3) is 0 Å². The highest BCUT2D eigenvalue weighted by molar-refractivity contribution is 7.18.